The van der Waals surface area contributed by atoms with Gasteiger partial charge >= 0.3 is 6.18 Å². The van der Waals surface area contributed by atoms with Crippen molar-refractivity contribution >= 4 is 5.91 Å². The molecule has 0 atom stereocenters. The van der Waals surface area contributed by atoms with Gasteiger partial charge in [-0.15, -0.1) is 0 Å². The summed E-state index contributed by atoms with van der Waals surface area (Å²) >= 11 is 0. The summed E-state index contributed by atoms with van der Waals surface area (Å²) in [6, 6.07) is 18.8. The number of aromatic nitrogens is 1. The quantitative estimate of drug-likeness (QED) is 0.415. The molecular formula is C25H27F3N2O. The number of unbranched alkanes of at least 4 members (excludes halogenated alkanes) is 1. The first-order valence-corrected chi connectivity index (χ1v) is 10.5. The molecule has 0 unspecified atom stereocenters. The van der Waals surface area contributed by atoms with Gasteiger partial charge in [0.1, 0.15) is 0 Å². The molecule has 164 valence electrons. The van der Waals surface area contributed by atoms with Crippen molar-refractivity contribution in [1.82, 2.24) is 9.47 Å². The first-order chi connectivity index (χ1) is 14.9. The lowest BCUT2D eigenvalue weighted by molar-refractivity contribution is -0.137. The average molecular weight is 428 g/mol. The van der Waals surface area contributed by atoms with Crippen molar-refractivity contribution in [2.24, 2.45) is 0 Å². The zero-order valence-corrected chi connectivity index (χ0v) is 17.6. The summed E-state index contributed by atoms with van der Waals surface area (Å²) < 4.78 is 41.0. The first kappa shape index (κ1) is 22.7. The second kappa shape index (κ2) is 10.3. The molecule has 0 saturated carbocycles. The third kappa shape index (κ3) is 6.48. The van der Waals surface area contributed by atoms with E-state index in [1.54, 1.807) is 6.07 Å². The highest BCUT2D eigenvalue weighted by atomic mass is 19.4. The van der Waals surface area contributed by atoms with Crippen molar-refractivity contribution in [3.05, 3.63) is 95.3 Å². The normalized spacial score (nSPS) is 11.5. The van der Waals surface area contributed by atoms with E-state index < -0.39 is 11.7 Å². The molecule has 0 saturated heterocycles. The molecule has 31 heavy (non-hydrogen) atoms. The van der Waals surface area contributed by atoms with Crippen LogP contribution in [0.25, 0.3) is 0 Å². The summed E-state index contributed by atoms with van der Waals surface area (Å²) in [6.45, 7) is 3.48. The number of nitrogens with zero attached hydrogens (tertiary/aromatic N) is 2. The predicted molar refractivity (Wildman–Crippen MR) is 115 cm³/mol. The largest absolute Gasteiger partial charge is 0.416 e. The van der Waals surface area contributed by atoms with Crippen LogP contribution in [0.15, 0.2) is 72.9 Å². The summed E-state index contributed by atoms with van der Waals surface area (Å²) in [5.41, 5.74) is 1.78. The third-order valence-corrected chi connectivity index (χ3v) is 5.22. The lowest BCUT2D eigenvalue weighted by atomic mass is 10.1. The minimum Gasteiger partial charge on any atom is -0.345 e. The smallest absolute Gasteiger partial charge is 0.345 e. The van der Waals surface area contributed by atoms with Crippen molar-refractivity contribution < 1.29 is 18.0 Å². The summed E-state index contributed by atoms with van der Waals surface area (Å²) in [5, 5.41) is 0. The summed E-state index contributed by atoms with van der Waals surface area (Å²) in [5.74, 6) is 0.0477. The Kier molecular flexibility index (Phi) is 7.55. The van der Waals surface area contributed by atoms with E-state index in [9.17, 15) is 18.0 Å². The minimum absolute atomic E-state index is 0.0477. The van der Waals surface area contributed by atoms with Crippen LogP contribution in [0.4, 0.5) is 13.2 Å². The van der Waals surface area contributed by atoms with Crippen LogP contribution >= 0.6 is 0 Å². The second-order valence-corrected chi connectivity index (χ2v) is 7.66. The standard InChI is InChI=1S/C25H27F3N2O/c1-2-3-14-30(24(31)17-20-9-5-4-6-10-20)19-23-13-8-15-29(23)18-21-11-7-12-22(16-21)25(26,27)28/h4-13,15-16H,2-3,14,17-19H2,1H3. The first-order valence-electron chi connectivity index (χ1n) is 10.5. The van der Waals surface area contributed by atoms with Crippen molar-refractivity contribution in [2.45, 2.75) is 45.5 Å². The summed E-state index contributed by atoms with van der Waals surface area (Å²) in [6.07, 6.45) is -0.320. The third-order valence-electron chi connectivity index (χ3n) is 5.22. The topological polar surface area (TPSA) is 25.2 Å². The zero-order chi connectivity index (χ0) is 22.3. The number of alkyl halides is 3. The van der Waals surface area contributed by atoms with E-state index in [0.29, 0.717) is 31.6 Å². The molecule has 3 rings (SSSR count). The van der Waals surface area contributed by atoms with Gasteiger partial charge in [-0.25, -0.2) is 0 Å². The van der Waals surface area contributed by atoms with E-state index in [2.05, 4.69) is 6.92 Å². The summed E-state index contributed by atoms with van der Waals surface area (Å²) in [4.78, 5) is 14.8. The van der Waals surface area contributed by atoms with Gasteiger partial charge in [-0.2, -0.15) is 13.2 Å². The maximum absolute atomic E-state index is 13.0. The van der Waals surface area contributed by atoms with Crippen LogP contribution in [-0.4, -0.2) is 21.9 Å². The Hall–Kier alpha value is -3.02. The molecule has 0 bridgehead atoms. The Balaban J connectivity index is 1.74. The number of halogens is 3. The molecule has 0 N–H and O–H groups in total. The summed E-state index contributed by atoms with van der Waals surface area (Å²) in [7, 11) is 0. The number of rotatable bonds is 9. The molecule has 0 aliphatic rings. The number of hydrogen-bond acceptors (Lipinski definition) is 1. The van der Waals surface area contributed by atoms with Crippen LogP contribution in [-0.2, 0) is 30.5 Å². The molecule has 0 aliphatic carbocycles. The lowest BCUT2D eigenvalue weighted by Gasteiger charge is -2.24. The average Bonchev–Trinajstić information content (AvgIpc) is 3.18. The van der Waals surface area contributed by atoms with Gasteiger partial charge in [-0.05, 0) is 41.8 Å². The molecule has 3 nitrogen and oxygen atoms in total. The van der Waals surface area contributed by atoms with Crippen LogP contribution in [0.3, 0.4) is 0 Å². The van der Waals surface area contributed by atoms with Gasteiger partial charge in [-0.3, -0.25) is 4.79 Å². The maximum Gasteiger partial charge on any atom is 0.416 e. The molecule has 2 aromatic carbocycles. The fourth-order valence-electron chi connectivity index (χ4n) is 3.51. The van der Waals surface area contributed by atoms with Gasteiger partial charge in [0.15, 0.2) is 0 Å². The molecule has 6 heteroatoms. The molecular weight excluding hydrogens is 401 g/mol. The van der Waals surface area contributed by atoms with Crippen molar-refractivity contribution in [3.8, 4) is 0 Å². The molecule has 3 aromatic rings. The molecule has 0 fully saturated rings. The molecule has 0 aliphatic heterocycles. The van der Waals surface area contributed by atoms with E-state index in [4.69, 9.17) is 0 Å². The van der Waals surface area contributed by atoms with E-state index >= 15 is 0 Å². The van der Waals surface area contributed by atoms with Gasteiger partial charge in [-0.1, -0.05) is 55.8 Å². The highest BCUT2D eigenvalue weighted by Crippen LogP contribution is 2.29. The zero-order valence-electron chi connectivity index (χ0n) is 17.6. The molecule has 0 spiro atoms. The highest BCUT2D eigenvalue weighted by Gasteiger charge is 2.30. The van der Waals surface area contributed by atoms with Gasteiger partial charge in [0.05, 0.1) is 18.5 Å². The molecule has 1 aromatic heterocycles. The van der Waals surface area contributed by atoms with Crippen LogP contribution in [0.1, 0.15) is 42.1 Å². The monoisotopic (exact) mass is 428 g/mol. The predicted octanol–water partition coefficient (Wildman–Crippen LogP) is 5.93. The second-order valence-electron chi connectivity index (χ2n) is 7.66. The van der Waals surface area contributed by atoms with Gasteiger partial charge in [0, 0.05) is 25.0 Å². The number of carbonyl (C=O) groups excluding carboxylic acids is 1. The molecule has 1 heterocycles. The Morgan fingerprint density at radius 3 is 2.42 bits per heavy atom. The number of carbonyl (C=O) groups is 1. The Bertz CT molecular complexity index is 980. The van der Waals surface area contributed by atoms with E-state index in [1.165, 1.54) is 12.1 Å². The maximum atomic E-state index is 13.0. The Morgan fingerprint density at radius 2 is 1.71 bits per heavy atom. The Morgan fingerprint density at radius 1 is 0.968 bits per heavy atom. The van der Waals surface area contributed by atoms with E-state index in [1.807, 2.05) is 58.1 Å². The van der Waals surface area contributed by atoms with E-state index in [0.717, 1.165) is 30.2 Å². The fourth-order valence-corrected chi connectivity index (χ4v) is 3.51. The highest BCUT2D eigenvalue weighted by molar-refractivity contribution is 5.78. The Labute approximate surface area is 181 Å². The number of benzene rings is 2. The molecule has 0 radical (unpaired) electrons. The van der Waals surface area contributed by atoms with Crippen molar-refractivity contribution in [2.75, 3.05) is 6.54 Å². The van der Waals surface area contributed by atoms with Gasteiger partial charge in [0.25, 0.3) is 0 Å². The van der Waals surface area contributed by atoms with E-state index in [-0.39, 0.29) is 5.91 Å². The van der Waals surface area contributed by atoms with Crippen molar-refractivity contribution in [3.63, 3.8) is 0 Å². The van der Waals surface area contributed by atoms with Crippen LogP contribution in [0.5, 0.6) is 0 Å². The van der Waals surface area contributed by atoms with Gasteiger partial charge in [0.2, 0.25) is 5.91 Å². The number of amides is 1. The number of hydrogen-bond donors (Lipinski definition) is 0. The SMILES string of the molecule is CCCCN(Cc1cccn1Cc1cccc(C(F)(F)F)c1)C(=O)Cc1ccccc1. The van der Waals surface area contributed by atoms with Crippen LogP contribution in [0.2, 0.25) is 0 Å². The van der Waals surface area contributed by atoms with Gasteiger partial charge < -0.3 is 9.47 Å². The van der Waals surface area contributed by atoms with Crippen LogP contribution < -0.4 is 0 Å². The fraction of sp³-hybridized carbons (Fsp3) is 0.320. The van der Waals surface area contributed by atoms with Crippen LogP contribution in [0, 0.1) is 0 Å². The lowest BCUT2D eigenvalue weighted by Crippen LogP contribution is -2.33. The molecule has 1 amide bonds. The van der Waals surface area contributed by atoms with Crippen molar-refractivity contribution in [1.29, 1.82) is 0 Å². The minimum atomic E-state index is -4.36.